The van der Waals surface area contributed by atoms with Gasteiger partial charge in [0.25, 0.3) is 0 Å². The first-order chi connectivity index (χ1) is 13.9. The molecule has 0 saturated heterocycles. The van der Waals surface area contributed by atoms with Crippen molar-refractivity contribution in [1.29, 1.82) is 0 Å². The summed E-state index contributed by atoms with van der Waals surface area (Å²) in [6.45, 7) is 3.97. The second-order valence-corrected chi connectivity index (χ2v) is 7.70. The van der Waals surface area contributed by atoms with Crippen molar-refractivity contribution in [3.8, 4) is 17.0 Å². The number of aryl methyl sites for hydroxylation is 2. The minimum atomic E-state index is -0.481. The third-order valence-electron chi connectivity index (χ3n) is 4.65. The van der Waals surface area contributed by atoms with Crippen LogP contribution in [0.15, 0.2) is 66.7 Å². The molecule has 144 valence electrons. The first-order valence-corrected chi connectivity index (χ1v) is 9.82. The molecule has 1 aromatic heterocycles. The van der Waals surface area contributed by atoms with Gasteiger partial charge in [0.1, 0.15) is 5.75 Å². The maximum Gasteiger partial charge on any atom is 0.344 e. The van der Waals surface area contributed by atoms with Crippen molar-refractivity contribution in [2.24, 2.45) is 0 Å². The highest BCUT2D eigenvalue weighted by Crippen LogP contribution is 2.30. The molecular formula is C24H17Cl2NO2. The van der Waals surface area contributed by atoms with Crippen LogP contribution in [0.5, 0.6) is 5.75 Å². The summed E-state index contributed by atoms with van der Waals surface area (Å²) in [5, 5.41) is 1.77. The van der Waals surface area contributed by atoms with E-state index >= 15 is 0 Å². The molecule has 0 atom stereocenters. The smallest absolute Gasteiger partial charge is 0.344 e. The number of halogens is 2. The van der Waals surface area contributed by atoms with E-state index in [0.29, 0.717) is 27.1 Å². The number of carbonyl (C=O) groups excluding carboxylic acids is 1. The maximum absolute atomic E-state index is 13.1. The van der Waals surface area contributed by atoms with Gasteiger partial charge in [0.15, 0.2) is 0 Å². The topological polar surface area (TPSA) is 39.2 Å². The lowest BCUT2D eigenvalue weighted by molar-refractivity contribution is 0.0737. The van der Waals surface area contributed by atoms with Crippen molar-refractivity contribution in [2.75, 3.05) is 0 Å². The van der Waals surface area contributed by atoms with Crippen molar-refractivity contribution in [3.05, 3.63) is 93.5 Å². The van der Waals surface area contributed by atoms with E-state index in [1.165, 1.54) is 0 Å². The largest absolute Gasteiger partial charge is 0.421 e. The zero-order valence-electron chi connectivity index (χ0n) is 15.9. The number of benzene rings is 3. The predicted molar refractivity (Wildman–Crippen MR) is 118 cm³/mol. The Morgan fingerprint density at radius 1 is 0.931 bits per heavy atom. The Bertz CT molecular complexity index is 1230. The first kappa shape index (κ1) is 19.4. The van der Waals surface area contributed by atoms with Gasteiger partial charge in [-0.3, -0.25) is 0 Å². The number of hydrogen-bond acceptors (Lipinski definition) is 3. The molecule has 0 bridgehead atoms. The lowest BCUT2D eigenvalue weighted by atomic mass is 10.00. The van der Waals surface area contributed by atoms with Gasteiger partial charge < -0.3 is 4.74 Å². The van der Waals surface area contributed by atoms with Crippen molar-refractivity contribution >= 4 is 40.1 Å². The molecule has 5 heteroatoms. The predicted octanol–water partition coefficient (Wildman–Crippen LogP) is 7.04. The molecule has 0 N–H and O–H groups in total. The normalized spacial score (nSPS) is 10.9. The molecule has 1 heterocycles. The second kappa shape index (κ2) is 7.86. The number of ether oxygens (including phenoxy) is 1. The standard InChI is InChI=1S/C24H17Cl2NO2/c1-14-11-15(2)23-18(12-14)19(24(28)29-22-6-4-3-5-20(22)26)13-21(27-23)16-7-9-17(25)10-8-16/h3-13H,1-2H3. The molecule has 4 rings (SSSR count). The number of para-hydroxylation sites is 1. The van der Waals surface area contributed by atoms with Gasteiger partial charge in [0.05, 0.1) is 21.8 Å². The molecule has 4 aromatic rings. The van der Waals surface area contributed by atoms with E-state index < -0.39 is 5.97 Å². The number of fused-ring (bicyclic) bond motifs is 1. The minimum Gasteiger partial charge on any atom is -0.421 e. The number of aromatic nitrogens is 1. The molecule has 3 aromatic carbocycles. The molecule has 0 spiro atoms. The molecule has 0 aliphatic heterocycles. The van der Waals surface area contributed by atoms with E-state index in [0.717, 1.165) is 27.6 Å². The summed E-state index contributed by atoms with van der Waals surface area (Å²) < 4.78 is 5.61. The van der Waals surface area contributed by atoms with Crippen LogP contribution in [0.4, 0.5) is 0 Å². The molecular weight excluding hydrogens is 405 g/mol. The van der Waals surface area contributed by atoms with Gasteiger partial charge in [-0.2, -0.15) is 0 Å². The van der Waals surface area contributed by atoms with E-state index in [4.69, 9.17) is 32.9 Å². The van der Waals surface area contributed by atoms with E-state index in [1.807, 2.05) is 38.1 Å². The number of hydrogen-bond donors (Lipinski definition) is 0. The summed E-state index contributed by atoms with van der Waals surface area (Å²) in [5.74, 6) is -0.160. The number of esters is 1. The number of carbonyl (C=O) groups is 1. The number of pyridine rings is 1. The van der Waals surface area contributed by atoms with E-state index in [1.54, 1.807) is 42.5 Å². The van der Waals surface area contributed by atoms with Crippen molar-refractivity contribution in [2.45, 2.75) is 13.8 Å². The minimum absolute atomic E-state index is 0.321. The van der Waals surface area contributed by atoms with E-state index in [9.17, 15) is 4.79 Å². The summed E-state index contributed by atoms with van der Waals surface area (Å²) in [6, 6.07) is 20.0. The average Bonchev–Trinajstić information content (AvgIpc) is 2.69. The van der Waals surface area contributed by atoms with E-state index in [-0.39, 0.29) is 0 Å². The van der Waals surface area contributed by atoms with E-state index in [2.05, 4.69) is 0 Å². The van der Waals surface area contributed by atoms with Crippen LogP contribution in [-0.4, -0.2) is 11.0 Å². The zero-order chi connectivity index (χ0) is 20.5. The fraction of sp³-hybridized carbons (Fsp3) is 0.0833. The van der Waals surface area contributed by atoms with Gasteiger partial charge in [-0.05, 0) is 55.8 Å². The van der Waals surface area contributed by atoms with Crippen molar-refractivity contribution in [3.63, 3.8) is 0 Å². The summed E-state index contributed by atoms with van der Waals surface area (Å²) >= 11 is 12.2. The molecule has 0 fully saturated rings. The summed E-state index contributed by atoms with van der Waals surface area (Å²) in [4.78, 5) is 17.9. The molecule has 0 radical (unpaired) electrons. The Balaban J connectivity index is 1.89. The Labute approximate surface area is 178 Å². The fourth-order valence-corrected chi connectivity index (χ4v) is 3.60. The Morgan fingerprint density at radius 3 is 2.38 bits per heavy atom. The SMILES string of the molecule is Cc1cc(C)c2nc(-c3ccc(Cl)cc3)cc(C(=O)Oc3ccccc3Cl)c2c1. The monoisotopic (exact) mass is 421 g/mol. The molecule has 0 amide bonds. The Kier molecular flexibility index (Phi) is 5.27. The van der Waals surface area contributed by atoms with Crippen molar-refractivity contribution < 1.29 is 9.53 Å². The third-order valence-corrected chi connectivity index (χ3v) is 5.21. The molecule has 0 aliphatic rings. The van der Waals surface area contributed by atoms with Gasteiger partial charge in [-0.15, -0.1) is 0 Å². The van der Waals surface area contributed by atoms with Crippen LogP contribution in [0.1, 0.15) is 21.5 Å². The van der Waals surface area contributed by atoms with Gasteiger partial charge in [0.2, 0.25) is 0 Å². The fourth-order valence-electron chi connectivity index (χ4n) is 3.30. The van der Waals surface area contributed by atoms with Gasteiger partial charge in [-0.1, -0.05) is 59.1 Å². The highest BCUT2D eigenvalue weighted by molar-refractivity contribution is 6.32. The van der Waals surface area contributed by atoms with Gasteiger partial charge in [0, 0.05) is 16.0 Å². The molecule has 3 nitrogen and oxygen atoms in total. The zero-order valence-corrected chi connectivity index (χ0v) is 17.4. The Hall–Kier alpha value is -2.88. The van der Waals surface area contributed by atoms with Gasteiger partial charge >= 0.3 is 5.97 Å². The van der Waals surface area contributed by atoms with Crippen LogP contribution in [0.2, 0.25) is 10.0 Å². The van der Waals surface area contributed by atoms with Crippen LogP contribution in [0, 0.1) is 13.8 Å². The molecule has 0 aliphatic carbocycles. The quantitative estimate of drug-likeness (QED) is 0.262. The molecule has 29 heavy (non-hydrogen) atoms. The van der Waals surface area contributed by atoms with Crippen LogP contribution in [0.3, 0.4) is 0 Å². The third kappa shape index (κ3) is 3.98. The van der Waals surface area contributed by atoms with Crippen molar-refractivity contribution in [1.82, 2.24) is 4.98 Å². The lowest BCUT2D eigenvalue weighted by Gasteiger charge is -2.13. The summed E-state index contributed by atoms with van der Waals surface area (Å²) in [5.41, 5.74) is 4.77. The van der Waals surface area contributed by atoms with Crippen LogP contribution < -0.4 is 4.74 Å². The number of rotatable bonds is 3. The molecule has 0 saturated carbocycles. The van der Waals surface area contributed by atoms with Crippen LogP contribution in [-0.2, 0) is 0 Å². The van der Waals surface area contributed by atoms with Crippen LogP contribution in [0.25, 0.3) is 22.2 Å². The summed E-state index contributed by atoms with van der Waals surface area (Å²) in [6.07, 6.45) is 0. The lowest BCUT2D eigenvalue weighted by Crippen LogP contribution is -2.11. The summed E-state index contributed by atoms with van der Waals surface area (Å²) in [7, 11) is 0. The van der Waals surface area contributed by atoms with Gasteiger partial charge in [-0.25, -0.2) is 9.78 Å². The van der Waals surface area contributed by atoms with Crippen LogP contribution >= 0.6 is 23.2 Å². The highest BCUT2D eigenvalue weighted by atomic mass is 35.5. The number of nitrogens with zero attached hydrogens (tertiary/aromatic N) is 1. The Morgan fingerprint density at radius 2 is 1.66 bits per heavy atom. The second-order valence-electron chi connectivity index (χ2n) is 6.86. The maximum atomic E-state index is 13.1. The average molecular weight is 422 g/mol. The first-order valence-electron chi connectivity index (χ1n) is 9.07. The highest BCUT2D eigenvalue weighted by Gasteiger charge is 2.18. The molecule has 0 unspecified atom stereocenters.